The van der Waals surface area contributed by atoms with Crippen LogP contribution in [0.25, 0.3) is 0 Å². The summed E-state index contributed by atoms with van der Waals surface area (Å²) in [5, 5.41) is 3.68. The van der Waals surface area contributed by atoms with Gasteiger partial charge in [-0.1, -0.05) is 24.9 Å². The Morgan fingerprint density at radius 2 is 2.04 bits per heavy atom. The average Bonchev–Trinajstić information content (AvgIpc) is 2.55. The average molecular weight is 337 g/mol. The molecule has 1 aromatic carbocycles. The number of rotatable bonds is 5. The van der Waals surface area contributed by atoms with Gasteiger partial charge in [0.1, 0.15) is 0 Å². The first-order chi connectivity index (χ1) is 11.0. The fraction of sp³-hybridized carbons (Fsp3) is 0.556. The number of hydrogen-bond donors (Lipinski definition) is 1. The first-order valence-electron chi connectivity index (χ1n) is 8.36. The Kier molecular flexibility index (Phi) is 6.46. The van der Waals surface area contributed by atoms with Crippen LogP contribution in [0.1, 0.15) is 49.9 Å². The molecular weight excluding hydrogens is 312 g/mol. The molecule has 1 heterocycles. The van der Waals surface area contributed by atoms with Crippen LogP contribution in [0, 0.1) is 5.92 Å². The van der Waals surface area contributed by atoms with Crippen molar-refractivity contribution in [2.75, 3.05) is 13.1 Å². The van der Waals surface area contributed by atoms with Crippen LogP contribution >= 0.6 is 11.6 Å². The number of nitrogens with zero attached hydrogens (tertiary/aromatic N) is 1. The summed E-state index contributed by atoms with van der Waals surface area (Å²) in [6.07, 6.45) is 3.73. The Bertz CT molecular complexity index is 544. The third-order valence-corrected chi connectivity index (χ3v) is 4.53. The van der Waals surface area contributed by atoms with Crippen molar-refractivity contribution < 1.29 is 9.59 Å². The molecule has 0 bridgehead atoms. The summed E-state index contributed by atoms with van der Waals surface area (Å²) in [5.74, 6) is -0.0698. The molecule has 1 N–H and O–H groups in total. The fourth-order valence-electron chi connectivity index (χ4n) is 3.02. The van der Waals surface area contributed by atoms with E-state index in [1.54, 1.807) is 29.2 Å². The van der Waals surface area contributed by atoms with Gasteiger partial charge in [0.15, 0.2) is 0 Å². The number of amides is 2. The van der Waals surface area contributed by atoms with Crippen LogP contribution in [-0.2, 0) is 4.79 Å². The second-order valence-corrected chi connectivity index (χ2v) is 6.73. The van der Waals surface area contributed by atoms with E-state index in [0.29, 0.717) is 23.7 Å². The van der Waals surface area contributed by atoms with Crippen LogP contribution < -0.4 is 5.32 Å². The lowest BCUT2D eigenvalue weighted by Gasteiger charge is -2.32. The maximum absolute atomic E-state index is 12.6. The third-order valence-electron chi connectivity index (χ3n) is 4.28. The van der Waals surface area contributed by atoms with Crippen molar-refractivity contribution in [3.8, 4) is 0 Å². The van der Waals surface area contributed by atoms with E-state index in [0.717, 1.165) is 25.7 Å². The second-order valence-electron chi connectivity index (χ2n) is 6.30. The van der Waals surface area contributed by atoms with Crippen molar-refractivity contribution in [2.24, 2.45) is 5.92 Å². The number of carbonyl (C=O) groups excluding carboxylic acids is 2. The Hall–Kier alpha value is -1.55. The van der Waals surface area contributed by atoms with Gasteiger partial charge in [-0.05, 0) is 50.5 Å². The molecule has 0 aliphatic carbocycles. The standard InChI is InChI=1S/C18H25ClN2O2/c1-3-5-13(2)20-17(22)15-6-4-11-21(12-15)18(23)14-7-9-16(19)10-8-14/h7-10,13,15H,3-6,11-12H2,1-2H3,(H,20,22). The van der Waals surface area contributed by atoms with Gasteiger partial charge in [0, 0.05) is 29.7 Å². The summed E-state index contributed by atoms with van der Waals surface area (Å²) in [4.78, 5) is 26.7. The number of nitrogens with one attached hydrogen (secondary N) is 1. The third kappa shape index (κ3) is 4.96. The number of benzene rings is 1. The van der Waals surface area contributed by atoms with Crippen LogP contribution in [0.2, 0.25) is 5.02 Å². The van der Waals surface area contributed by atoms with Crippen molar-refractivity contribution in [3.05, 3.63) is 34.9 Å². The molecule has 0 aromatic heterocycles. The van der Waals surface area contributed by atoms with E-state index in [9.17, 15) is 9.59 Å². The predicted octanol–water partition coefficient (Wildman–Crippen LogP) is 3.50. The molecule has 1 aliphatic rings. The molecule has 0 spiro atoms. The Balaban J connectivity index is 1.96. The number of carbonyl (C=O) groups is 2. The lowest BCUT2D eigenvalue weighted by Crippen LogP contribution is -2.47. The van der Waals surface area contributed by atoms with E-state index in [2.05, 4.69) is 12.2 Å². The Morgan fingerprint density at radius 3 is 2.70 bits per heavy atom. The van der Waals surface area contributed by atoms with E-state index >= 15 is 0 Å². The number of likely N-dealkylation sites (tertiary alicyclic amines) is 1. The number of halogens is 1. The quantitative estimate of drug-likeness (QED) is 0.894. The summed E-state index contributed by atoms with van der Waals surface area (Å²) in [7, 11) is 0. The zero-order valence-electron chi connectivity index (χ0n) is 13.8. The number of hydrogen-bond acceptors (Lipinski definition) is 2. The highest BCUT2D eigenvalue weighted by atomic mass is 35.5. The van der Waals surface area contributed by atoms with Gasteiger partial charge in [-0.25, -0.2) is 0 Å². The van der Waals surface area contributed by atoms with Gasteiger partial charge in [0.05, 0.1) is 5.92 Å². The van der Waals surface area contributed by atoms with Crippen LogP contribution in [-0.4, -0.2) is 35.8 Å². The Labute approximate surface area is 143 Å². The number of piperidine rings is 1. The summed E-state index contributed by atoms with van der Waals surface area (Å²) in [6.45, 7) is 5.33. The molecule has 4 nitrogen and oxygen atoms in total. The van der Waals surface area contributed by atoms with Crippen LogP contribution in [0.4, 0.5) is 0 Å². The second kappa shape index (κ2) is 8.34. The minimum atomic E-state index is -0.112. The van der Waals surface area contributed by atoms with Crippen molar-refractivity contribution in [2.45, 2.75) is 45.6 Å². The van der Waals surface area contributed by atoms with Gasteiger partial charge < -0.3 is 10.2 Å². The molecular formula is C18H25ClN2O2. The van der Waals surface area contributed by atoms with Crippen LogP contribution in [0.15, 0.2) is 24.3 Å². The lowest BCUT2D eigenvalue weighted by molar-refractivity contribution is -0.127. The SMILES string of the molecule is CCCC(C)NC(=O)C1CCCN(C(=O)c2ccc(Cl)cc2)C1. The summed E-state index contributed by atoms with van der Waals surface area (Å²) < 4.78 is 0. The first kappa shape index (κ1) is 17.8. The van der Waals surface area contributed by atoms with Gasteiger partial charge in [0.25, 0.3) is 5.91 Å². The van der Waals surface area contributed by atoms with E-state index in [4.69, 9.17) is 11.6 Å². The van der Waals surface area contributed by atoms with Gasteiger partial charge in [-0.15, -0.1) is 0 Å². The topological polar surface area (TPSA) is 49.4 Å². The predicted molar refractivity (Wildman–Crippen MR) is 92.6 cm³/mol. The molecule has 23 heavy (non-hydrogen) atoms. The molecule has 1 fully saturated rings. The minimum absolute atomic E-state index is 0.0271. The highest BCUT2D eigenvalue weighted by molar-refractivity contribution is 6.30. The van der Waals surface area contributed by atoms with Crippen molar-refractivity contribution >= 4 is 23.4 Å². The molecule has 2 rings (SSSR count). The molecule has 2 amide bonds. The summed E-state index contributed by atoms with van der Waals surface area (Å²) in [6, 6.07) is 7.09. The smallest absolute Gasteiger partial charge is 0.253 e. The van der Waals surface area contributed by atoms with Crippen molar-refractivity contribution in [3.63, 3.8) is 0 Å². The lowest BCUT2D eigenvalue weighted by atomic mass is 9.96. The highest BCUT2D eigenvalue weighted by Crippen LogP contribution is 2.20. The van der Waals surface area contributed by atoms with E-state index < -0.39 is 0 Å². The summed E-state index contributed by atoms with van der Waals surface area (Å²) in [5.41, 5.74) is 0.620. The molecule has 0 radical (unpaired) electrons. The van der Waals surface area contributed by atoms with Crippen LogP contribution in [0.5, 0.6) is 0 Å². The van der Waals surface area contributed by atoms with Gasteiger partial charge in [-0.3, -0.25) is 9.59 Å². The molecule has 5 heteroatoms. The van der Waals surface area contributed by atoms with E-state index in [1.165, 1.54) is 0 Å². The first-order valence-corrected chi connectivity index (χ1v) is 8.74. The maximum atomic E-state index is 12.6. The van der Waals surface area contributed by atoms with Gasteiger partial charge >= 0.3 is 0 Å². The zero-order valence-corrected chi connectivity index (χ0v) is 14.6. The summed E-state index contributed by atoms with van der Waals surface area (Å²) >= 11 is 5.86. The largest absolute Gasteiger partial charge is 0.353 e. The van der Waals surface area contributed by atoms with Crippen LogP contribution in [0.3, 0.4) is 0 Å². The monoisotopic (exact) mass is 336 g/mol. The molecule has 126 valence electrons. The highest BCUT2D eigenvalue weighted by Gasteiger charge is 2.29. The van der Waals surface area contributed by atoms with Crippen molar-refractivity contribution in [1.29, 1.82) is 0 Å². The van der Waals surface area contributed by atoms with Gasteiger partial charge in [-0.2, -0.15) is 0 Å². The molecule has 1 aromatic rings. The van der Waals surface area contributed by atoms with E-state index in [1.807, 2.05) is 6.92 Å². The molecule has 0 saturated carbocycles. The molecule has 1 aliphatic heterocycles. The molecule has 2 unspecified atom stereocenters. The normalized spacial score (nSPS) is 19.3. The minimum Gasteiger partial charge on any atom is -0.353 e. The maximum Gasteiger partial charge on any atom is 0.253 e. The fourth-order valence-corrected chi connectivity index (χ4v) is 3.14. The zero-order chi connectivity index (χ0) is 16.8. The molecule has 1 saturated heterocycles. The van der Waals surface area contributed by atoms with Gasteiger partial charge in [0.2, 0.25) is 5.91 Å². The molecule has 2 atom stereocenters. The van der Waals surface area contributed by atoms with Crippen molar-refractivity contribution in [1.82, 2.24) is 10.2 Å². The van der Waals surface area contributed by atoms with E-state index in [-0.39, 0.29) is 23.8 Å². The Morgan fingerprint density at radius 1 is 1.35 bits per heavy atom.